The van der Waals surface area contributed by atoms with Gasteiger partial charge in [-0.2, -0.15) is 13.2 Å². The average Bonchev–Trinajstić information content (AvgIpc) is 3.02. The number of halogens is 4. The van der Waals surface area contributed by atoms with Crippen LogP contribution in [0.1, 0.15) is 12.0 Å². The maximum atomic E-state index is 13.0. The van der Waals surface area contributed by atoms with Gasteiger partial charge in [0.2, 0.25) is 5.91 Å². The number of nitrogens with zero attached hydrogens (tertiary/aromatic N) is 3. The number of hydrogen-bond acceptors (Lipinski definition) is 4. The van der Waals surface area contributed by atoms with Crippen molar-refractivity contribution in [2.24, 2.45) is 0 Å². The summed E-state index contributed by atoms with van der Waals surface area (Å²) in [6.45, 7) is 1.91. The van der Waals surface area contributed by atoms with Gasteiger partial charge in [-0.05, 0) is 42.5 Å². The zero-order valence-electron chi connectivity index (χ0n) is 15.9. The van der Waals surface area contributed by atoms with E-state index in [2.05, 4.69) is 0 Å². The summed E-state index contributed by atoms with van der Waals surface area (Å²) in [6.07, 6.45) is -4.30. The summed E-state index contributed by atoms with van der Waals surface area (Å²) in [7, 11) is 0. The topological polar surface area (TPSA) is 43.9 Å². The maximum absolute atomic E-state index is 13.0. The van der Waals surface area contributed by atoms with Crippen LogP contribution in [0, 0.1) is 0 Å². The highest BCUT2D eigenvalue weighted by Crippen LogP contribution is 2.32. The molecule has 0 N–H and O–H groups in total. The molecule has 158 valence electrons. The molecule has 0 spiro atoms. The highest BCUT2D eigenvalue weighted by atomic mass is 35.5. The van der Waals surface area contributed by atoms with Crippen molar-refractivity contribution in [2.75, 3.05) is 36.0 Å². The predicted molar refractivity (Wildman–Crippen MR) is 108 cm³/mol. The minimum absolute atomic E-state index is 0.0883. The van der Waals surface area contributed by atoms with E-state index in [1.807, 2.05) is 9.80 Å². The zero-order valence-corrected chi connectivity index (χ0v) is 16.7. The van der Waals surface area contributed by atoms with Gasteiger partial charge in [0.15, 0.2) is 0 Å². The molecule has 4 rings (SSSR count). The second-order valence-corrected chi connectivity index (χ2v) is 7.77. The lowest BCUT2D eigenvalue weighted by molar-refractivity contribution is -0.137. The maximum Gasteiger partial charge on any atom is 0.416 e. The second-order valence-electron chi connectivity index (χ2n) is 7.33. The smallest absolute Gasteiger partial charge is 0.369 e. The number of benzene rings is 2. The lowest BCUT2D eigenvalue weighted by Crippen LogP contribution is -2.52. The van der Waals surface area contributed by atoms with Crippen molar-refractivity contribution in [3.05, 3.63) is 59.1 Å². The van der Waals surface area contributed by atoms with Crippen LogP contribution in [0.4, 0.5) is 24.5 Å². The van der Waals surface area contributed by atoms with E-state index >= 15 is 0 Å². The molecule has 0 radical (unpaired) electrons. The molecule has 0 aromatic heterocycles. The van der Waals surface area contributed by atoms with Crippen LogP contribution in [0.5, 0.6) is 0 Å². The monoisotopic (exact) mass is 437 g/mol. The minimum Gasteiger partial charge on any atom is -0.369 e. The summed E-state index contributed by atoms with van der Waals surface area (Å²) in [5.74, 6) is -0.553. The molecule has 0 bridgehead atoms. The third-order valence-corrected chi connectivity index (χ3v) is 5.75. The summed E-state index contributed by atoms with van der Waals surface area (Å²) in [6, 6.07) is 11.2. The van der Waals surface area contributed by atoms with E-state index in [-0.39, 0.29) is 18.2 Å². The average molecular weight is 438 g/mol. The molecule has 0 unspecified atom stereocenters. The number of rotatable bonds is 3. The van der Waals surface area contributed by atoms with Gasteiger partial charge >= 0.3 is 6.18 Å². The van der Waals surface area contributed by atoms with Gasteiger partial charge in [-0.1, -0.05) is 17.7 Å². The van der Waals surface area contributed by atoms with Gasteiger partial charge in [0.25, 0.3) is 5.91 Å². The fraction of sp³-hybridized carbons (Fsp3) is 0.333. The van der Waals surface area contributed by atoms with Crippen molar-refractivity contribution in [3.8, 4) is 0 Å². The number of amides is 2. The molecule has 9 heteroatoms. The van der Waals surface area contributed by atoms with Crippen LogP contribution in [0.15, 0.2) is 48.5 Å². The lowest BCUT2D eigenvalue weighted by Gasteiger charge is -2.38. The molecule has 0 saturated carbocycles. The van der Waals surface area contributed by atoms with Crippen molar-refractivity contribution in [1.29, 1.82) is 0 Å². The first-order valence-corrected chi connectivity index (χ1v) is 9.90. The normalized spacial score (nSPS) is 20.9. The molecule has 2 saturated heterocycles. The Kier molecular flexibility index (Phi) is 5.46. The predicted octanol–water partition coefficient (Wildman–Crippen LogP) is 3.81. The molecule has 5 nitrogen and oxygen atoms in total. The SMILES string of the molecule is O=C1C[C@H](N2CCN(c3cccc(C(F)(F)F)c3)CC2)C(=O)N1c1ccc(Cl)cc1. The number of piperazine rings is 1. The first-order chi connectivity index (χ1) is 14.2. The molecule has 2 heterocycles. The fourth-order valence-electron chi connectivity index (χ4n) is 3.93. The van der Waals surface area contributed by atoms with Gasteiger partial charge in [0, 0.05) is 36.9 Å². The zero-order chi connectivity index (χ0) is 21.5. The van der Waals surface area contributed by atoms with E-state index in [9.17, 15) is 22.8 Å². The first-order valence-electron chi connectivity index (χ1n) is 9.52. The van der Waals surface area contributed by atoms with Crippen molar-refractivity contribution >= 4 is 34.8 Å². The first kappa shape index (κ1) is 20.7. The van der Waals surface area contributed by atoms with Gasteiger partial charge in [0.1, 0.15) is 0 Å². The number of anilines is 2. The number of carbonyl (C=O) groups is 2. The van der Waals surface area contributed by atoms with E-state index in [4.69, 9.17) is 11.6 Å². The van der Waals surface area contributed by atoms with Gasteiger partial charge in [-0.15, -0.1) is 0 Å². The standard InChI is InChI=1S/C21H19ClF3N3O2/c22-15-4-6-16(7-5-15)28-19(29)13-18(20(28)30)27-10-8-26(9-11-27)17-3-1-2-14(12-17)21(23,24)25/h1-7,12,18H,8-11,13H2/t18-/m0/s1. The quantitative estimate of drug-likeness (QED) is 0.685. The highest BCUT2D eigenvalue weighted by Gasteiger charge is 2.43. The van der Waals surface area contributed by atoms with Crippen molar-refractivity contribution in [1.82, 2.24) is 4.90 Å². The Balaban J connectivity index is 1.43. The Bertz CT molecular complexity index is 957. The van der Waals surface area contributed by atoms with E-state index < -0.39 is 17.8 Å². The minimum atomic E-state index is -4.39. The third-order valence-electron chi connectivity index (χ3n) is 5.50. The lowest BCUT2D eigenvalue weighted by atomic mass is 10.1. The molecule has 2 aliphatic heterocycles. The molecule has 30 heavy (non-hydrogen) atoms. The van der Waals surface area contributed by atoms with Crippen molar-refractivity contribution < 1.29 is 22.8 Å². The Labute approximate surface area is 176 Å². The molecular weight excluding hydrogens is 419 g/mol. The van der Waals surface area contributed by atoms with Crippen LogP contribution in [0.3, 0.4) is 0 Å². The van der Waals surface area contributed by atoms with Crippen LogP contribution in [0.25, 0.3) is 0 Å². The molecular formula is C21H19ClF3N3O2. The molecule has 1 atom stereocenters. The Morgan fingerprint density at radius 3 is 2.20 bits per heavy atom. The van der Waals surface area contributed by atoms with Gasteiger partial charge in [-0.3, -0.25) is 14.5 Å². The summed E-state index contributed by atoms with van der Waals surface area (Å²) in [5, 5.41) is 0.514. The summed E-state index contributed by atoms with van der Waals surface area (Å²) in [5.41, 5.74) is 0.304. The number of carbonyl (C=O) groups excluding carboxylic acids is 2. The largest absolute Gasteiger partial charge is 0.416 e. The molecule has 2 aromatic rings. The van der Waals surface area contributed by atoms with Gasteiger partial charge in [-0.25, -0.2) is 4.90 Å². The highest BCUT2D eigenvalue weighted by molar-refractivity contribution is 6.30. The van der Waals surface area contributed by atoms with Crippen LogP contribution in [-0.4, -0.2) is 48.9 Å². The Morgan fingerprint density at radius 1 is 0.900 bits per heavy atom. The summed E-state index contributed by atoms with van der Waals surface area (Å²) in [4.78, 5) is 30.3. The number of imide groups is 1. The molecule has 2 amide bonds. The van der Waals surface area contributed by atoms with Crippen LogP contribution in [0.2, 0.25) is 5.02 Å². The molecule has 2 fully saturated rings. The van der Waals surface area contributed by atoms with Crippen LogP contribution < -0.4 is 9.80 Å². The van der Waals surface area contributed by atoms with E-state index in [1.54, 1.807) is 30.3 Å². The van der Waals surface area contributed by atoms with Crippen LogP contribution in [-0.2, 0) is 15.8 Å². The number of alkyl halides is 3. The van der Waals surface area contributed by atoms with Gasteiger partial charge in [0.05, 0.1) is 23.7 Å². The molecule has 0 aliphatic carbocycles. The Hall–Kier alpha value is -2.58. The van der Waals surface area contributed by atoms with Crippen molar-refractivity contribution in [2.45, 2.75) is 18.6 Å². The van der Waals surface area contributed by atoms with Crippen molar-refractivity contribution in [3.63, 3.8) is 0 Å². The fourth-order valence-corrected chi connectivity index (χ4v) is 4.06. The third kappa shape index (κ3) is 4.02. The van der Waals surface area contributed by atoms with E-state index in [0.29, 0.717) is 42.6 Å². The summed E-state index contributed by atoms with van der Waals surface area (Å²) < 4.78 is 38.9. The van der Waals surface area contributed by atoms with E-state index in [1.165, 1.54) is 11.0 Å². The molecule has 2 aliphatic rings. The second kappa shape index (κ2) is 7.92. The summed E-state index contributed by atoms with van der Waals surface area (Å²) >= 11 is 5.88. The number of hydrogen-bond donors (Lipinski definition) is 0. The van der Waals surface area contributed by atoms with E-state index in [0.717, 1.165) is 12.1 Å². The molecule has 2 aromatic carbocycles. The Morgan fingerprint density at radius 2 is 1.57 bits per heavy atom. The van der Waals surface area contributed by atoms with Crippen LogP contribution >= 0.6 is 11.6 Å². The van der Waals surface area contributed by atoms with Gasteiger partial charge < -0.3 is 4.90 Å².